The summed E-state index contributed by atoms with van der Waals surface area (Å²) in [5.41, 5.74) is 0. The Kier molecular flexibility index (Phi) is 10.9. The lowest BCUT2D eigenvalue weighted by molar-refractivity contribution is -0.132. The molecule has 3 atom stereocenters. The van der Waals surface area contributed by atoms with Gasteiger partial charge in [0.15, 0.2) is 0 Å². The number of hydrogen-bond acceptors (Lipinski definition) is 4. The highest BCUT2D eigenvalue weighted by Crippen LogP contribution is 2.28. The number of rotatable bonds is 10. The summed E-state index contributed by atoms with van der Waals surface area (Å²) in [4.78, 5) is 27.9. The van der Waals surface area contributed by atoms with Gasteiger partial charge in [-0.25, -0.2) is 0 Å². The molecule has 2 fully saturated rings. The predicted octanol–water partition coefficient (Wildman–Crippen LogP) is 3.53. The van der Waals surface area contributed by atoms with Gasteiger partial charge in [0.2, 0.25) is 11.8 Å². The Morgan fingerprint density at radius 3 is 2.31 bits per heavy atom. The maximum absolute atomic E-state index is 12.7. The first kappa shape index (κ1) is 24.5. The second-order valence-corrected chi connectivity index (χ2v) is 10.6. The van der Waals surface area contributed by atoms with Crippen molar-refractivity contribution >= 4 is 23.6 Å². The third kappa shape index (κ3) is 8.87. The van der Waals surface area contributed by atoms with E-state index in [4.69, 9.17) is 0 Å². The third-order valence-corrected chi connectivity index (χ3v) is 7.17. The molecular formula is C23H43N3O2S. The molecule has 0 spiro atoms. The van der Waals surface area contributed by atoms with Gasteiger partial charge in [-0.2, -0.15) is 11.8 Å². The summed E-state index contributed by atoms with van der Waals surface area (Å²) in [6, 6.07) is -0.399. The molecule has 0 aromatic heterocycles. The van der Waals surface area contributed by atoms with E-state index in [0.29, 0.717) is 13.0 Å². The number of hydrogen-bond donors (Lipinski definition) is 2. The summed E-state index contributed by atoms with van der Waals surface area (Å²) in [7, 11) is 0. The van der Waals surface area contributed by atoms with Crippen LogP contribution in [0.15, 0.2) is 0 Å². The van der Waals surface area contributed by atoms with Crippen molar-refractivity contribution in [2.75, 3.05) is 38.2 Å². The molecule has 0 bridgehead atoms. The van der Waals surface area contributed by atoms with Crippen molar-refractivity contribution in [3.8, 4) is 0 Å². The van der Waals surface area contributed by atoms with E-state index in [9.17, 15) is 9.59 Å². The molecule has 2 N–H and O–H groups in total. The van der Waals surface area contributed by atoms with Gasteiger partial charge in [-0.05, 0) is 81.3 Å². The molecule has 5 nitrogen and oxygen atoms in total. The third-order valence-electron chi connectivity index (χ3n) is 6.53. The quantitative estimate of drug-likeness (QED) is 0.526. The molecule has 2 amide bonds. The van der Waals surface area contributed by atoms with Crippen LogP contribution in [0.5, 0.6) is 0 Å². The van der Waals surface area contributed by atoms with Crippen molar-refractivity contribution in [1.29, 1.82) is 0 Å². The summed E-state index contributed by atoms with van der Waals surface area (Å²) >= 11 is 1.72. The van der Waals surface area contributed by atoms with Gasteiger partial charge in [-0.1, -0.05) is 20.8 Å². The van der Waals surface area contributed by atoms with Gasteiger partial charge >= 0.3 is 0 Å². The molecule has 29 heavy (non-hydrogen) atoms. The van der Waals surface area contributed by atoms with Crippen LogP contribution >= 0.6 is 11.8 Å². The number of thioether (sulfide) groups is 1. The number of nitrogens with zero attached hydrogens (tertiary/aromatic N) is 1. The van der Waals surface area contributed by atoms with E-state index in [-0.39, 0.29) is 17.7 Å². The van der Waals surface area contributed by atoms with Gasteiger partial charge in [0.05, 0.1) is 0 Å². The van der Waals surface area contributed by atoms with E-state index < -0.39 is 6.04 Å². The van der Waals surface area contributed by atoms with Crippen molar-refractivity contribution in [3.05, 3.63) is 0 Å². The fraction of sp³-hybridized carbons (Fsp3) is 0.913. The number of carbonyl (C=O) groups is 2. The van der Waals surface area contributed by atoms with E-state index in [0.717, 1.165) is 62.2 Å². The molecule has 1 saturated carbocycles. The molecule has 0 aromatic carbocycles. The molecule has 1 aliphatic heterocycles. The van der Waals surface area contributed by atoms with Gasteiger partial charge in [-0.15, -0.1) is 0 Å². The first-order valence-corrected chi connectivity index (χ1v) is 13.1. The number of nitrogens with one attached hydrogen (secondary N) is 2. The second kappa shape index (κ2) is 12.8. The van der Waals surface area contributed by atoms with E-state index in [2.05, 4.69) is 36.3 Å². The lowest BCUT2D eigenvalue weighted by atomic mass is 9.82. The molecule has 1 heterocycles. The Balaban J connectivity index is 1.73. The highest BCUT2D eigenvalue weighted by atomic mass is 32.2. The van der Waals surface area contributed by atoms with Crippen molar-refractivity contribution in [2.24, 2.45) is 23.7 Å². The van der Waals surface area contributed by atoms with Gasteiger partial charge in [0.1, 0.15) is 6.04 Å². The van der Waals surface area contributed by atoms with Crippen LogP contribution in [-0.4, -0.2) is 60.9 Å². The highest BCUT2D eigenvalue weighted by Gasteiger charge is 2.28. The van der Waals surface area contributed by atoms with Crippen LogP contribution in [0.2, 0.25) is 0 Å². The van der Waals surface area contributed by atoms with Gasteiger partial charge in [0, 0.05) is 25.6 Å². The van der Waals surface area contributed by atoms with Crippen molar-refractivity contribution < 1.29 is 9.59 Å². The average Bonchev–Trinajstić information content (AvgIpc) is 2.68. The molecule has 0 radical (unpaired) electrons. The van der Waals surface area contributed by atoms with Gasteiger partial charge < -0.3 is 15.5 Å². The maximum Gasteiger partial charge on any atom is 0.242 e. The summed E-state index contributed by atoms with van der Waals surface area (Å²) in [5.74, 6) is 3.28. The van der Waals surface area contributed by atoms with Crippen LogP contribution in [0.3, 0.4) is 0 Å². The molecule has 1 aliphatic carbocycles. The second-order valence-electron chi connectivity index (χ2n) is 9.65. The zero-order chi connectivity index (χ0) is 21.2. The summed E-state index contributed by atoms with van der Waals surface area (Å²) < 4.78 is 0. The highest BCUT2D eigenvalue weighted by molar-refractivity contribution is 7.98. The van der Waals surface area contributed by atoms with Crippen molar-refractivity contribution in [2.45, 2.75) is 71.8 Å². The molecule has 0 aromatic rings. The lowest BCUT2D eigenvalue weighted by Gasteiger charge is -2.35. The number of likely N-dealkylation sites (tertiary alicyclic amines) is 1. The van der Waals surface area contributed by atoms with Crippen LogP contribution in [0, 0.1) is 23.7 Å². The van der Waals surface area contributed by atoms with E-state index >= 15 is 0 Å². The van der Waals surface area contributed by atoms with Crippen LogP contribution in [-0.2, 0) is 9.59 Å². The van der Waals surface area contributed by atoms with Crippen molar-refractivity contribution in [1.82, 2.24) is 15.5 Å². The number of piperidine rings is 1. The van der Waals surface area contributed by atoms with Gasteiger partial charge in [0.25, 0.3) is 0 Å². The van der Waals surface area contributed by atoms with Crippen LogP contribution in [0.4, 0.5) is 0 Å². The molecular weight excluding hydrogens is 382 g/mol. The normalized spacial score (nSPS) is 29.2. The Labute approximate surface area is 182 Å². The molecule has 168 valence electrons. The maximum atomic E-state index is 12.7. The molecule has 2 rings (SSSR count). The smallest absolute Gasteiger partial charge is 0.242 e. The topological polar surface area (TPSA) is 61.4 Å². The summed E-state index contributed by atoms with van der Waals surface area (Å²) in [6.45, 7) is 11.0. The summed E-state index contributed by atoms with van der Waals surface area (Å²) in [5, 5.41) is 6.14. The zero-order valence-corrected chi connectivity index (χ0v) is 19.9. The monoisotopic (exact) mass is 425 g/mol. The SMILES string of the molecule is CSCC[C@H](NC(=O)C1CCC(C)CC1)C(=O)NCCCN1C[C@H](C)C[C@H](C)C1. The molecule has 1 saturated heterocycles. The first-order chi connectivity index (χ1) is 13.9. The Morgan fingerprint density at radius 2 is 1.69 bits per heavy atom. The van der Waals surface area contributed by atoms with E-state index in [1.165, 1.54) is 19.5 Å². The minimum absolute atomic E-state index is 0.0167. The van der Waals surface area contributed by atoms with Crippen LogP contribution < -0.4 is 10.6 Å². The zero-order valence-electron chi connectivity index (χ0n) is 19.0. The number of carbonyl (C=O) groups excluding carboxylic acids is 2. The minimum Gasteiger partial charge on any atom is -0.354 e. The van der Waals surface area contributed by atoms with E-state index in [1.54, 1.807) is 11.8 Å². The average molecular weight is 426 g/mol. The Hall–Kier alpha value is -0.750. The standard InChI is InChI=1S/C23H43N3O2S/c1-17-6-8-20(9-7-17)22(27)25-21(10-13-29-4)23(28)24-11-5-12-26-15-18(2)14-19(3)16-26/h17-21H,5-16H2,1-4H3,(H,24,28)(H,25,27)/t17?,18-,19+,20?,21-/m0/s1. The molecule has 2 aliphatic rings. The van der Waals surface area contributed by atoms with E-state index in [1.807, 2.05) is 6.26 Å². The largest absolute Gasteiger partial charge is 0.354 e. The van der Waals surface area contributed by atoms with Crippen LogP contribution in [0.1, 0.15) is 65.7 Å². The fourth-order valence-corrected chi connectivity index (χ4v) is 5.40. The molecule has 6 heteroatoms. The predicted molar refractivity (Wildman–Crippen MR) is 123 cm³/mol. The number of amides is 2. The van der Waals surface area contributed by atoms with Crippen LogP contribution in [0.25, 0.3) is 0 Å². The van der Waals surface area contributed by atoms with Gasteiger partial charge in [-0.3, -0.25) is 9.59 Å². The molecule has 0 unspecified atom stereocenters. The van der Waals surface area contributed by atoms with Crippen molar-refractivity contribution in [3.63, 3.8) is 0 Å². The summed E-state index contributed by atoms with van der Waals surface area (Å²) in [6.07, 6.45) is 9.18. The Morgan fingerprint density at radius 1 is 1.03 bits per heavy atom. The lowest BCUT2D eigenvalue weighted by Crippen LogP contribution is -2.49. The minimum atomic E-state index is -0.399. The Bertz CT molecular complexity index is 498. The fourth-order valence-electron chi connectivity index (χ4n) is 4.93. The first-order valence-electron chi connectivity index (χ1n) is 11.7.